The van der Waals surface area contributed by atoms with E-state index in [9.17, 15) is 9.59 Å². The highest BCUT2D eigenvalue weighted by Crippen LogP contribution is 2.45. The van der Waals surface area contributed by atoms with Crippen molar-refractivity contribution in [3.63, 3.8) is 0 Å². The predicted octanol–water partition coefficient (Wildman–Crippen LogP) is 4.81. The molecule has 0 amide bonds. The summed E-state index contributed by atoms with van der Waals surface area (Å²) in [5.41, 5.74) is 8.41. The molecule has 0 fully saturated rings. The molecule has 2 aromatic rings. The van der Waals surface area contributed by atoms with Crippen LogP contribution < -0.4 is 4.74 Å². The summed E-state index contributed by atoms with van der Waals surface area (Å²) in [6.07, 6.45) is -0.610. The Balaban J connectivity index is 2.04. The minimum atomic E-state index is -1.61. The average molecular weight is 539 g/mol. The van der Waals surface area contributed by atoms with Gasteiger partial charge in [0.05, 0.1) is 20.3 Å². The molecule has 1 heterocycles. The Morgan fingerprint density at radius 2 is 1.90 bits per heavy atom. The molecule has 11 heteroatoms. The summed E-state index contributed by atoms with van der Waals surface area (Å²) < 4.78 is 22.6. The highest BCUT2D eigenvalue weighted by atomic mass is 16.6. The molecule has 1 N–H and O–H groups in total. The summed E-state index contributed by atoms with van der Waals surface area (Å²) in [6, 6.07) is 14.1. The van der Waals surface area contributed by atoms with E-state index < -0.39 is 29.2 Å². The number of ether oxygens (including phenoxy) is 4. The third-order valence-corrected chi connectivity index (χ3v) is 5.95. The van der Waals surface area contributed by atoms with Crippen LogP contribution >= 0.6 is 0 Å². The molecule has 11 nitrogen and oxygen atoms in total. The molecule has 2 aromatic carbocycles. The topological polar surface area (TPSA) is 152 Å². The van der Waals surface area contributed by atoms with Crippen LogP contribution in [0, 0.1) is 0 Å². The van der Waals surface area contributed by atoms with Gasteiger partial charge in [-0.3, -0.25) is 4.79 Å². The molecule has 1 aliphatic rings. The quantitative estimate of drug-likeness (QED) is 0.134. The summed E-state index contributed by atoms with van der Waals surface area (Å²) in [5, 5.41) is 12.6. The minimum Gasteiger partial charge on any atom is -0.494 e. The molecule has 0 aromatic heterocycles. The first-order valence-electron chi connectivity index (χ1n) is 12.6. The molecular formula is C28H34N4O7. The van der Waals surface area contributed by atoms with Gasteiger partial charge in [-0.1, -0.05) is 29.4 Å². The first-order chi connectivity index (χ1) is 18.6. The summed E-state index contributed by atoms with van der Waals surface area (Å²) >= 11 is 0. The van der Waals surface area contributed by atoms with Gasteiger partial charge in [0.1, 0.15) is 11.4 Å². The van der Waals surface area contributed by atoms with E-state index >= 15 is 0 Å². The number of azide groups is 1. The second-order valence-electron chi connectivity index (χ2n) is 9.95. The Morgan fingerprint density at radius 1 is 1.18 bits per heavy atom. The number of aliphatic imine (C=N–C) groups is 1. The molecule has 0 unspecified atom stereocenters. The SMILES string of the molecule is COC(=O)[C@@]1(CCC(=O)OC(C)(C)C)N=C(c2ccc(OCCCO)cc2)O[C@H]1c1ccccc1CN=[N+]=[N-]. The summed E-state index contributed by atoms with van der Waals surface area (Å²) in [5.74, 6) is -0.366. The van der Waals surface area contributed by atoms with Crippen LogP contribution in [0.2, 0.25) is 0 Å². The molecule has 0 spiro atoms. The number of rotatable bonds is 12. The Hall–Kier alpha value is -4.08. The number of nitrogens with zero attached hydrogens (tertiary/aromatic N) is 4. The van der Waals surface area contributed by atoms with Gasteiger partial charge in [-0.05, 0) is 68.1 Å². The van der Waals surface area contributed by atoms with E-state index in [-0.39, 0.29) is 31.9 Å². The average Bonchev–Trinajstić information content (AvgIpc) is 3.30. The van der Waals surface area contributed by atoms with Crippen molar-refractivity contribution in [2.45, 2.75) is 63.8 Å². The van der Waals surface area contributed by atoms with Crippen LogP contribution in [0.25, 0.3) is 10.4 Å². The van der Waals surface area contributed by atoms with E-state index in [0.29, 0.717) is 35.5 Å². The van der Waals surface area contributed by atoms with E-state index in [0.717, 1.165) is 0 Å². The number of esters is 2. The lowest BCUT2D eigenvalue weighted by atomic mass is 9.82. The molecule has 0 bridgehead atoms. The molecule has 0 radical (unpaired) electrons. The van der Waals surface area contributed by atoms with Crippen LogP contribution in [0.4, 0.5) is 0 Å². The van der Waals surface area contributed by atoms with Crippen LogP contribution in [0.1, 0.15) is 62.8 Å². The zero-order valence-corrected chi connectivity index (χ0v) is 22.6. The smallest absolute Gasteiger partial charge is 0.338 e. The fourth-order valence-electron chi connectivity index (χ4n) is 4.22. The number of benzene rings is 2. The van der Waals surface area contributed by atoms with Gasteiger partial charge in [0, 0.05) is 29.9 Å². The van der Waals surface area contributed by atoms with E-state index in [1.54, 1.807) is 69.3 Å². The van der Waals surface area contributed by atoms with Crippen molar-refractivity contribution in [2.75, 3.05) is 20.3 Å². The standard InChI is InChI=1S/C28H34N4O7/c1-27(2,3)39-23(34)14-15-28(26(35)36-4)24(22-9-6-5-8-20(22)18-30-32-29)38-25(31-28)19-10-12-21(13-11-19)37-17-7-16-33/h5-6,8-13,24,33H,7,14-18H2,1-4H3/t24-,28-/m0/s1. The van der Waals surface area contributed by atoms with Gasteiger partial charge in [-0.25, -0.2) is 9.79 Å². The molecule has 2 atom stereocenters. The van der Waals surface area contributed by atoms with Gasteiger partial charge in [-0.15, -0.1) is 0 Å². The van der Waals surface area contributed by atoms with E-state index in [1.807, 2.05) is 0 Å². The molecule has 1 aliphatic heterocycles. The van der Waals surface area contributed by atoms with Gasteiger partial charge in [0.25, 0.3) is 0 Å². The van der Waals surface area contributed by atoms with E-state index in [1.165, 1.54) is 7.11 Å². The Morgan fingerprint density at radius 3 is 2.54 bits per heavy atom. The lowest BCUT2D eigenvalue weighted by Gasteiger charge is -2.30. The third kappa shape index (κ3) is 7.49. The molecule has 208 valence electrons. The van der Waals surface area contributed by atoms with Crippen LogP contribution in [0.3, 0.4) is 0 Å². The zero-order valence-electron chi connectivity index (χ0n) is 22.6. The molecule has 39 heavy (non-hydrogen) atoms. The maximum Gasteiger partial charge on any atom is 0.338 e. The number of hydrogen-bond donors (Lipinski definition) is 1. The molecule has 0 saturated heterocycles. The van der Waals surface area contributed by atoms with Gasteiger partial charge in [0.2, 0.25) is 11.4 Å². The Kier molecular flexibility index (Phi) is 9.92. The number of methoxy groups -OCH3 is 1. The van der Waals surface area contributed by atoms with Crippen molar-refractivity contribution < 1.29 is 33.6 Å². The van der Waals surface area contributed by atoms with Gasteiger partial charge in [0.15, 0.2) is 6.10 Å². The van der Waals surface area contributed by atoms with Crippen molar-refractivity contribution in [1.29, 1.82) is 0 Å². The van der Waals surface area contributed by atoms with Gasteiger partial charge < -0.3 is 24.1 Å². The minimum absolute atomic E-state index is 0.0319. The molecule has 0 aliphatic carbocycles. The van der Waals surface area contributed by atoms with Crippen molar-refractivity contribution in [3.8, 4) is 5.75 Å². The highest BCUT2D eigenvalue weighted by molar-refractivity contribution is 6.00. The molecule has 0 saturated carbocycles. The van der Waals surface area contributed by atoms with Crippen LogP contribution in [-0.2, 0) is 30.3 Å². The van der Waals surface area contributed by atoms with Crippen molar-refractivity contribution in [3.05, 3.63) is 75.7 Å². The first-order valence-corrected chi connectivity index (χ1v) is 12.6. The largest absolute Gasteiger partial charge is 0.494 e. The number of carbonyl (C=O) groups excluding carboxylic acids is 2. The lowest BCUT2D eigenvalue weighted by Crippen LogP contribution is -2.43. The maximum atomic E-state index is 13.4. The second-order valence-corrected chi connectivity index (χ2v) is 9.95. The van der Waals surface area contributed by atoms with Crippen molar-refractivity contribution in [2.24, 2.45) is 10.1 Å². The number of carbonyl (C=O) groups is 2. The molecule has 3 rings (SSSR count). The number of aliphatic hydroxyl groups is 1. The Labute approximate surface area is 227 Å². The predicted molar refractivity (Wildman–Crippen MR) is 143 cm³/mol. The fraction of sp³-hybridized carbons (Fsp3) is 0.464. The summed E-state index contributed by atoms with van der Waals surface area (Å²) in [7, 11) is 1.26. The van der Waals surface area contributed by atoms with Gasteiger partial charge >= 0.3 is 11.9 Å². The lowest BCUT2D eigenvalue weighted by molar-refractivity contribution is -0.157. The summed E-state index contributed by atoms with van der Waals surface area (Å²) in [4.78, 5) is 33.7. The Bertz CT molecular complexity index is 1230. The monoisotopic (exact) mass is 538 g/mol. The van der Waals surface area contributed by atoms with E-state index in [4.69, 9.17) is 34.6 Å². The normalized spacial score (nSPS) is 18.4. The summed E-state index contributed by atoms with van der Waals surface area (Å²) in [6.45, 7) is 5.73. The van der Waals surface area contributed by atoms with Crippen molar-refractivity contribution >= 4 is 17.8 Å². The van der Waals surface area contributed by atoms with Crippen LogP contribution in [0.5, 0.6) is 5.75 Å². The second kappa shape index (κ2) is 13.1. The first kappa shape index (κ1) is 29.5. The van der Waals surface area contributed by atoms with Gasteiger partial charge in [-0.2, -0.15) is 0 Å². The fourth-order valence-corrected chi connectivity index (χ4v) is 4.22. The number of hydrogen-bond acceptors (Lipinski definition) is 9. The highest BCUT2D eigenvalue weighted by Gasteiger charge is 2.55. The van der Waals surface area contributed by atoms with Crippen LogP contribution in [-0.4, -0.2) is 54.4 Å². The third-order valence-electron chi connectivity index (χ3n) is 5.95. The molecular weight excluding hydrogens is 504 g/mol. The van der Waals surface area contributed by atoms with E-state index in [2.05, 4.69) is 10.0 Å². The maximum absolute atomic E-state index is 13.4. The van der Waals surface area contributed by atoms with Crippen LogP contribution in [0.15, 0.2) is 58.6 Å². The van der Waals surface area contributed by atoms with Crippen molar-refractivity contribution in [1.82, 2.24) is 0 Å². The zero-order chi connectivity index (χ0) is 28.5. The number of aliphatic hydroxyl groups excluding tert-OH is 1.